The fourth-order valence-corrected chi connectivity index (χ4v) is 3.46. The van der Waals surface area contributed by atoms with Crippen molar-refractivity contribution in [3.05, 3.63) is 36.0 Å². The Morgan fingerprint density at radius 1 is 1.23 bits per heavy atom. The molecule has 10 nitrogen and oxygen atoms in total. The van der Waals surface area contributed by atoms with Crippen LogP contribution >= 0.6 is 0 Å². The van der Waals surface area contributed by atoms with E-state index in [0.717, 1.165) is 42.2 Å². The first kappa shape index (κ1) is 18.3. The van der Waals surface area contributed by atoms with E-state index in [4.69, 9.17) is 14.7 Å². The van der Waals surface area contributed by atoms with Crippen LogP contribution in [0.4, 0.5) is 11.6 Å². The average Bonchev–Trinajstić information content (AvgIpc) is 3.40. The van der Waals surface area contributed by atoms with Gasteiger partial charge >= 0.3 is 0 Å². The summed E-state index contributed by atoms with van der Waals surface area (Å²) in [6.45, 7) is 5.24. The molecule has 3 aromatic heterocycles. The highest BCUT2D eigenvalue weighted by molar-refractivity contribution is 5.77. The second kappa shape index (κ2) is 7.27. The summed E-state index contributed by atoms with van der Waals surface area (Å²) in [5.74, 6) is 2.45. The maximum atomic E-state index is 8.84. The number of fused-ring (bicyclic) bond motifs is 1. The van der Waals surface area contributed by atoms with Gasteiger partial charge in [-0.3, -0.25) is 10.1 Å². The average molecular weight is 404 g/mol. The maximum Gasteiger partial charge on any atom is 0.158 e. The molecule has 3 aromatic rings. The maximum absolute atomic E-state index is 8.84. The number of rotatable bonds is 6. The lowest BCUT2D eigenvalue weighted by molar-refractivity contribution is 0.102. The molecular weight excluding hydrogens is 384 g/mol. The van der Waals surface area contributed by atoms with Gasteiger partial charge in [-0.2, -0.15) is 10.4 Å². The number of hydrogen-bond acceptors (Lipinski definition) is 9. The number of nitrogens with one attached hydrogen (secondary N) is 3. The smallest absolute Gasteiger partial charge is 0.158 e. The standard InChI is InChI=1S/C20H20N8O2/c1-20(9-22-10-20)11-30-15-7-24-13-2-3-29-19(13)18(15)14-4-16(28-27-14)26-17-8-23-12(5-21)6-25-17/h4,6-8,22H,2-3,9-11H2,1H3,(H2,25,26,27,28). The SMILES string of the molecule is CC1(COc2cnc3c(c2-c2cc(Nc4cnc(C#N)cn4)n[nH]2)OCC3)CNC1. The van der Waals surface area contributed by atoms with E-state index >= 15 is 0 Å². The van der Waals surface area contributed by atoms with E-state index in [9.17, 15) is 0 Å². The highest BCUT2D eigenvalue weighted by atomic mass is 16.5. The lowest BCUT2D eigenvalue weighted by Gasteiger charge is -2.38. The molecule has 152 valence electrons. The van der Waals surface area contributed by atoms with Crippen molar-refractivity contribution in [1.29, 1.82) is 5.26 Å². The van der Waals surface area contributed by atoms with Crippen molar-refractivity contribution in [3.63, 3.8) is 0 Å². The molecule has 0 bridgehead atoms. The van der Waals surface area contributed by atoms with Gasteiger partial charge in [-0.1, -0.05) is 6.92 Å². The topological polar surface area (TPSA) is 134 Å². The van der Waals surface area contributed by atoms with Gasteiger partial charge < -0.3 is 20.1 Å². The molecule has 1 saturated heterocycles. The molecule has 0 aliphatic carbocycles. The van der Waals surface area contributed by atoms with Crippen LogP contribution in [0, 0.1) is 16.7 Å². The van der Waals surface area contributed by atoms with Crippen LogP contribution in [0.2, 0.25) is 0 Å². The molecule has 1 fully saturated rings. The highest BCUT2D eigenvalue weighted by Gasteiger charge is 2.33. The minimum atomic E-state index is 0.117. The van der Waals surface area contributed by atoms with Crippen molar-refractivity contribution in [2.75, 3.05) is 31.6 Å². The van der Waals surface area contributed by atoms with Crippen LogP contribution in [-0.2, 0) is 6.42 Å². The third-order valence-corrected chi connectivity index (χ3v) is 5.21. The van der Waals surface area contributed by atoms with E-state index in [1.807, 2.05) is 12.1 Å². The predicted molar refractivity (Wildman–Crippen MR) is 108 cm³/mol. The number of H-pyrrole nitrogens is 1. The summed E-state index contributed by atoms with van der Waals surface area (Å²) in [6, 6.07) is 3.80. The van der Waals surface area contributed by atoms with E-state index in [1.54, 1.807) is 6.20 Å². The molecule has 0 amide bonds. The third kappa shape index (κ3) is 3.40. The van der Waals surface area contributed by atoms with Crippen LogP contribution in [0.15, 0.2) is 24.7 Å². The summed E-state index contributed by atoms with van der Waals surface area (Å²) in [7, 11) is 0. The molecule has 3 N–H and O–H groups in total. The molecule has 5 heterocycles. The predicted octanol–water partition coefficient (Wildman–Crippen LogP) is 1.80. The van der Waals surface area contributed by atoms with Crippen molar-refractivity contribution in [3.8, 4) is 28.8 Å². The largest absolute Gasteiger partial charge is 0.490 e. The molecule has 0 radical (unpaired) electrons. The summed E-state index contributed by atoms with van der Waals surface area (Å²) in [5, 5.41) is 22.6. The van der Waals surface area contributed by atoms with Crippen molar-refractivity contribution in [2.24, 2.45) is 5.41 Å². The van der Waals surface area contributed by atoms with E-state index in [2.05, 4.69) is 42.7 Å². The lowest BCUT2D eigenvalue weighted by atomic mass is 9.85. The van der Waals surface area contributed by atoms with Crippen LogP contribution in [0.3, 0.4) is 0 Å². The summed E-state index contributed by atoms with van der Waals surface area (Å²) in [6.07, 6.45) is 5.42. The molecule has 0 saturated carbocycles. The number of nitrogens with zero attached hydrogens (tertiary/aromatic N) is 5. The second-order valence-electron chi connectivity index (χ2n) is 7.77. The first-order chi connectivity index (χ1) is 14.6. The quantitative estimate of drug-likeness (QED) is 0.562. The zero-order valence-electron chi connectivity index (χ0n) is 16.4. The van der Waals surface area contributed by atoms with Gasteiger partial charge in [0.05, 0.1) is 48.8 Å². The fraction of sp³-hybridized carbons (Fsp3) is 0.350. The molecule has 5 rings (SSSR count). The summed E-state index contributed by atoms with van der Waals surface area (Å²) < 4.78 is 12.0. The number of hydrogen-bond donors (Lipinski definition) is 3. The van der Waals surface area contributed by atoms with Gasteiger partial charge in [0.15, 0.2) is 23.0 Å². The molecule has 0 atom stereocenters. The Hall–Kier alpha value is -3.71. The first-order valence-electron chi connectivity index (χ1n) is 9.67. The second-order valence-corrected chi connectivity index (χ2v) is 7.77. The molecule has 0 unspecified atom stereocenters. The zero-order valence-corrected chi connectivity index (χ0v) is 16.4. The molecule has 0 aromatic carbocycles. The monoisotopic (exact) mass is 404 g/mol. The minimum Gasteiger partial charge on any atom is -0.490 e. The van der Waals surface area contributed by atoms with Gasteiger partial charge in [0.2, 0.25) is 0 Å². The number of ether oxygens (including phenoxy) is 2. The minimum absolute atomic E-state index is 0.117. The highest BCUT2D eigenvalue weighted by Crippen LogP contribution is 2.42. The fourth-order valence-electron chi connectivity index (χ4n) is 3.46. The molecule has 2 aliphatic rings. The Bertz CT molecular complexity index is 1110. The summed E-state index contributed by atoms with van der Waals surface area (Å²) >= 11 is 0. The van der Waals surface area contributed by atoms with Gasteiger partial charge in [-0.25, -0.2) is 9.97 Å². The van der Waals surface area contributed by atoms with Gasteiger partial charge in [0.25, 0.3) is 0 Å². The number of nitriles is 1. The Kier molecular flexibility index (Phi) is 4.44. The number of pyridine rings is 1. The van der Waals surface area contributed by atoms with E-state index in [0.29, 0.717) is 30.6 Å². The van der Waals surface area contributed by atoms with Crippen molar-refractivity contribution >= 4 is 11.6 Å². The number of aromatic amines is 1. The van der Waals surface area contributed by atoms with Crippen LogP contribution in [-0.4, -0.2) is 51.5 Å². The van der Waals surface area contributed by atoms with E-state index < -0.39 is 0 Å². The third-order valence-electron chi connectivity index (χ3n) is 5.21. The van der Waals surface area contributed by atoms with Gasteiger partial charge in [-0.15, -0.1) is 0 Å². The van der Waals surface area contributed by atoms with Gasteiger partial charge in [-0.05, 0) is 0 Å². The number of anilines is 2. The molecule has 30 heavy (non-hydrogen) atoms. The van der Waals surface area contributed by atoms with Crippen molar-refractivity contribution in [1.82, 2.24) is 30.5 Å². The Morgan fingerprint density at radius 3 is 2.87 bits per heavy atom. The normalized spacial score (nSPS) is 16.1. The van der Waals surface area contributed by atoms with Crippen LogP contribution in [0.5, 0.6) is 11.5 Å². The summed E-state index contributed by atoms with van der Waals surface area (Å²) in [4.78, 5) is 12.7. The Morgan fingerprint density at radius 2 is 2.13 bits per heavy atom. The van der Waals surface area contributed by atoms with Gasteiger partial charge in [0, 0.05) is 31.0 Å². The first-order valence-corrected chi connectivity index (χ1v) is 9.67. The summed E-state index contributed by atoms with van der Waals surface area (Å²) in [5.41, 5.74) is 2.86. The molecular formula is C20H20N8O2. The van der Waals surface area contributed by atoms with Gasteiger partial charge in [0.1, 0.15) is 11.9 Å². The van der Waals surface area contributed by atoms with E-state index in [-0.39, 0.29) is 11.1 Å². The molecule has 10 heteroatoms. The van der Waals surface area contributed by atoms with Crippen molar-refractivity contribution in [2.45, 2.75) is 13.3 Å². The molecule has 2 aliphatic heterocycles. The number of aromatic nitrogens is 5. The van der Waals surface area contributed by atoms with Crippen LogP contribution < -0.4 is 20.1 Å². The van der Waals surface area contributed by atoms with Crippen molar-refractivity contribution < 1.29 is 9.47 Å². The Balaban J connectivity index is 1.43. The van der Waals surface area contributed by atoms with E-state index in [1.165, 1.54) is 12.4 Å². The lowest BCUT2D eigenvalue weighted by Crippen LogP contribution is -2.54. The van der Waals surface area contributed by atoms with Crippen LogP contribution in [0.25, 0.3) is 11.3 Å². The van der Waals surface area contributed by atoms with Crippen LogP contribution in [0.1, 0.15) is 18.3 Å². The zero-order chi connectivity index (χ0) is 20.6. The molecule has 0 spiro atoms. The Labute approximate surface area is 172 Å².